The van der Waals surface area contributed by atoms with E-state index in [0.29, 0.717) is 30.1 Å². The predicted octanol–water partition coefficient (Wildman–Crippen LogP) is 3.73. The number of amides is 1. The molecule has 0 aliphatic carbocycles. The maximum atomic E-state index is 13.2. The second-order valence-electron chi connectivity index (χ2n) is 6.65. The standard InChI is InChI=1S/C21H22FN3O3S/c22-17-7-4-6-16(14-17)11-12-21(26)24-18-8-5-9-19(15-18)29(27,28)25-20-10-2-1-3-13-23-20/h4-9,11-12,14-15H,1-3,10,13H2,(H,23,25)(H,24,26)/b12-11+. The van der Waals surface area contributed by atoms with Gasteiger partial charge in [0.15, 0.2) is 0 Å². The molecule has 0 saturated heterocycles. The molecule has 152 valence electrons. The van der Waals surface area contributed by atoms with E-state index in [4.69, 9.17) is 0 Å². The molecule has 0 spiro atoms. The topological polar surface area (TPSA) is 87.6 Å². The number of sulfonamides is 1. The lowest BCUT2D eigenvalue weighted by Crippen LogP contribution is -2.30. The number of hydrogen-bond donors (Lipinski definition) is 2. The molecule has 6 nitrogen and oxygen atoms in total. The number of nitrogens with zero attached hydrogens (tertiary/aromatic N) is 1. The van der Waals surface area contributed by atoms with E-state index < -0.39 is 21.7 Å². The zero-order valence-corrected chi connectivity index (χ0v) is 16.6. The van der Waals surface area contributed by atoms with Gasteiger partial charge in [-0.25, -0.2) is 12.8 Å². The Bertz CT molecular complexity index is 1050. The van der Waals surface area contributed by atoms with Gasteiger partial charge in [0.1, 0.15) is 11.7 Å². The van der Waals surface area contributed by atoms with E-state index in [0.717, 1.165) is 19.3 Å². The number of carbonyl (C=O) groups is 1. The highest BCUT2D eigenvalue weighted by Gasteiger charge is 2.17. The van der Waals surface area contributed by atoms with Gasteiger partial charge in [0.05, 0.1) is 4.90 Å². The molecule has 0 atom stereocenters. The molecule has 8 heteroatoms. The van der Waals surface area contributed by atoms with Gasteiger partial charge in [0.25, 0.3) is 10.0 Å². The van der Waals surface area contributed by atoms with Crippen molar-refractivity contribution in [1.82, 2.24) is 4.72 Å². The van der Waals surface area contributed by atoms with Crippen molar-refractivity contribution >= 4 is 33.5 Å². The van der Waals surface area contributed by atoms with Gasteiger partial charge in [0.2, 0.25) is 5.91 Å². The van der Waals surface area contributed by atoms with Crippen LogP contribution in [0.1, 0.15) is 31.2 Å². The van der Waals surface area contributed by atoms with E-state index in [1.165, 1.54) is 36.4 Å². The van der Waals surface area contributed by atoms with Crippen molar-refractivity contribution in [1.29, 1.82) is 0 Å². The molecule has 3 rings (SSSR count). The SMILES string of the molecule is O=C(/C=C/c1cccc(F)c1)Nc1cccc(S(=O)(=O)NC2=NCCCCC2)c1. The molecule has 0 unspecified atom stereocenters. The van der Waals surface area contributed by atoms with E-state index in [1.54, 1.807) is 24.3 Å². The van der Waals surface area contributed by atoms with Gasteiger partial charge in [-0.05, 0) is 54.8 Å². The fraction of sp³-hybridized carbons (Fsp3) is 0.238. The quantitative estimate of drug-likeness (QED) is 0.730. The molecule has 29 heavy (non-hydrogen) atoms. The highest BCUT2D eigenvalue weighted by Crippen LogP contribution is 2.17. The summed E-state index contributed by atoms with van der Waals surface area (Å²) in [5.41, 5.74) is 0.884. The molecular weight excluding hydrogens is 393 g/mol. The van der Waals surface area contributed by atoms with Crippen molar-refractivity contribution in [3.05, 3.63) is 66.0 Å². The van der Waals surface area contributed by atoms with E-state index in [9.17, 15) is 17.6 Å². The monoisotopic (exact) mass is 415 g/mol. The van der Waals surface area contributed by atoms with Crippen LogP contribution in [-0.4, -0.2) is 26.7 Å². The van der Waals surface area contributed by atoms with Crippen LogP contribution in [0.5, 0.6) is 0 Å². The lowest BCUT2D eigenvalue weighted by atomic mass is 10.2. The van der Waals surface area contributed by atoms with E-state index in [-0.39, 0.29) is 4.90 Å². The molecule has 1 amide bonds. The van der Waals surface area contributed by atoms with Crippen molar-refractivity contribution in [2.24, 2.45) is 4.99 Å². The van der Waals surface area contributed by atoms with Crippen LogP contribution in [-0.2, 0) is 14.8 Å². The van der Waals surface area contributed by atoms with Gasteiger partial charge in [-0.1, -0.05) is 24.6 Å². The van der Waals surface area contributed by atoms with Crippen LogP contribution in [0.3, 0.4) is 0 Å². The first kappa shape index (κ1) is 20.7. The Morgan fingerprint density at radius 1 is 1.07 bits per heavy atom. The first-order valence-electron chi connectivity index (χ1n) is 9.33. The Kier molecular flexibility index (Phi) is 6.77. The van der Waals surface area contributed by atoms with Gasteiger partial charge in [0, 0.05) is 24.7 Å². The maximum Gasteiger partial charge on any atom is 0.262 e. The Balaban J connectivity index is 1.68. The van der Waals surface area contributed by atoms with Crippen molar-refractivity contribution in [3.63, 3.8) is 0 Å². The number of hydrogen-bond acceptors (Lipinski definition) is 4. The summed E-state index contributed by atoms with van der Waals surface area (Å²) in [5.74, 6) is -0.379. The van der Waals surface area contributed by atoms with Crippen LogP contribution in [0.25, 0.3) is 6.08 Å². The molecule has 0 bridgehead atoms. The lowest BCUT2D eigenvalue weighted by molar-refractivity contribution is -0.111. The number of amidine groups is 1. The summed E-state index contributed by atoms with van der Waals surface area (Å²) in [5, 5.41) is 2.61. The Morgan fingerprint density at radius 2 is 1.90 bits per heavy atom. The van der Waals surface area contributed by atoms with Crippen molar-refractivity contribution < 1.29 is 17.6 Å². The number of rotatable bonds is 5. The smallest absolute Gasteiger partial charge is 0.262 e. The molecule has 0 radical (unpaired) electrons. The number of anilines is 1. The fourth-order valence-corrected chi connectivity index (χ4v) is 4.01. The number of nitrogens with one attached hydrogen (secondary N) is 2. The van der Waals surface area contributed by atoms with Crippen LogP contribution in [0.2, 0.25) is 0 Å². The van der Waals surface area contributed by atoms with E-state index in [2.05, 4.69) is 15.0 Å². The molecule has 2 N–H and O–H groups in total. The summed E-state index contributed by atoms with van der Waals surface area (Å²) in [4.78, 5) is 16.4. The van der Waals surface area contributed by atoms with Crippen molar-refractivity contribution in [3.8, 4) is 0 Å². The third-order valence-electron chi connectivity index (χ3n) is 4.31. The minimum atomic E-state index is -3.79. The third kappa shape index (κ3) is 6.25. The van der Waals surface area contributed by atoms with Crippen LogP contribution in [0, 0.1) is 5.82 Å². The molecule has 1 aliphatic heterocycles. The third-order valence-corrected chi connectivity index (χ3v) is 5.69. The summed E-state index contributed by atoms with van der Waals surface area (Å²) in [6.07, 6.45) is 6.21. The second kappa shape index (κ2) is 9.47. The molecule has 2 aromatic rings. The average molecular weight is 415 g/mol. The molecular formula is C21H22FN3O3S. The zero-order chi connectivity index (χ0) is 20.7. The summed E-state index contributed by atoms with van der Waals surface area (Å²) in [6, 6.07) is 11.8. The number of aliphatic imine (C=N–C) groups is 1. The number of halogens is 1. The summed E-state index contributed by atoms with van der Waals surface area (Å²) < 4.78 is 41.0. The highest BCUT2D eigenvalue weighted by molar-refractivity contribution is 7.90. The maximum absolute atomic E-state index is 13.2. The van der Waals surface area contributed by atoms with Gasteiger partial charge < -0.3 is 5.32 Å². The fourth-order valence-electron chi connectivity index (χ4n) is 2.88. The van der Waals surface area contributed by atoms with Crippen LogP contribution in [0.15, 0.2) is 64.5 Å². The van der Waals surface area contributed by atoms with E-state index >= 15 is 0 Å². The van der Waals surface area contributed by atoms with Gasteiger partial charge in [-0.2, -0.15) is 0 Å². The largest absolute Gasteiger partial charge is 0.322 e. The van der Waals surface area contributed by atoms with Crippen molar-refractivity contribution in [2.75, 3.05) is 11.9 Å². The second-order valence-corrected chi connectivity index (χ2v) is 8.33. The molecule has 2 aromatic carbocycles. The van der Waals surface area contributed by atoms with Crippen LogP contribution >= 0.6 is 0 Å². The average Bonchev–Trinajstić information content (AvgIpc) is 2.95. The van der Waals surface area contributed by atoms with Gasteiger partial charge >= 0.3 is 0 Å². The normalized spacial score (nSPS) is 14.9. The predicted molar refractivity (Wildman–Crippen MR) is 112 cm³/mol. The van der Waals surface area contributed by atoms with Gasteiger partial charge in [-0.3, -0.25) is 14.5 Å². The summed E-state index contributed by atoms with van der Waals surface area (Å²) in [7, 11) is -3.79. The molecule has 1 heterocycles. The molecule has 1 aliphatic rings. The molecule has 0 aromatic heterocycles. The number of benzene rings is 2. The Labute approximate surface area is 169 Å². The first-order chi connectivity index (χ1) is 13.9. The Hall–Kier alpha value is -3.00. The summed E-state index contributed by atoms with van der Waals surface area (Å²) in [6.45, 7) is 0.617. The Morgan fingerprint density at radius 3 is 2.72 bits per heavy atom. The minimum absolute atomic E-state index is 0.0383. The van der Waals surface area contributed by atoms with Gasteiger partial charge in [-0.15, -0.1) is 0 Å². The lowest BCUT2D eigenvalue weighted by Gasteiger charge is -2.11. The van der Waals surface area contributed by atoms with Crippen molar-refractivity contribution in [2.45, 2.75) is 30.6 Å². The summed E-state index contributed by atoms with van der Waals surface area (Å²) >= 11 is 0. The highest BCUT2D eigenvalue weighted by atomic mass is 32.2. The zero-order valence-electron chi connectivity index (χ0n) is 15.8. The number of carbonyl (C=O) groups excluding carboxylic acids is 1. The van der Waals surface area contributed by atoms with E-state index in [1.807, 2.05) is 0 Å². The first-order valence-corrected chi connectivity index (χ1v) is 10.8. The molecule has 0 fully saturated rings. The molecule has 0 saturated carbocycles. The van der Waals surface area contributed by atoms with Crippen LogP contribution in [0.4, 0.5) is 10.1 Å². The minimum Gasteiger partial charge on any atom is -0.322 e. The van der Waals surface area contributed by atoms with Crippen LogP contribution < -0.4 is 10.0 Å².